The summed E-state index contributed by atoms with van der Waals surface area (Å²) in [5, 5.41) is 8.52. The molecule has 0 aliphatic heterocycles. The van der Waals surface area contributed by atoms with Crippen molar-refractivity contribution in [2.45, 2.75) is 32.8 Å². The lowest BCUT2D eigenvalue weighted by Crippen LogP contribution is -2.10. The summed E-state index contributed by atoms with van der Waals surface area (Å²) in [4.78, 5) is 0. The maximum absolute atomic E-state index is 10.4. The molecule has 1 N–H and O–H groups in total. The predicted octanol–water partition coefficient (Wildman–Crippen LogP) is 2.00. The zero-order valence-corrected chi connectivity index (χ0v) is 6.37. The molecule has 0 bridgehead atoms. The Morgan fingerprint density at radius 3 is 1.40 bits per heavy atom. The molecule has 0 spiro atoms. The van der Waals surface area contributed by atoms with Gasteiger partial charge in [0.25, 0.3) is 6.43 Å². The largest absolute Gasteiger partial charge is 0.391 e. The van der Waals surface area contributed by atoms with Crippen LogP contribution < -0.4 is 0 Å². The van der Waals surface area contributed by atoms with Crippen LogP contribution in [0.1, 0.15) is 20.8 Å². The topological polar surface area (TPSA) is 20.2 Å². The molecule has 0 aliphatic rings. The number of hydrogen-bond acceptors (Lipinski definition) is 1. The summed E-state index contributed by atoms with van der Waals surface area (Å²) in [5.74, 6) is 0. The first-order valence-corrected chi connectivity index (χ1v) is 2.84. The van der Waals surface area contributed by atoms with E-state index < -0.39 is 18.7 Å². The fourth-order valence-corrected chi connectivity index (χ4v) is 0. The van der Waals surface area contributed by atoms with Crippen LogP contribution in [0.4, 0.5) is 13.2 Å². The maximum Gasteiger partial charge on any atom is 0.266 e. The van der Waals surface area contributed by atoms with Gasteiger partial charge in [-0.15, -0.1) is 0 Å². The van der Waals surface area contributed by atoms with Crippen molar-refractivity contribution in [3.63, 3.8) is 0 Å². The Labute approximate surface area is 58.9 Å². The van der Waals surface area contributed by atoms with E-state index in [0.717, 1.165) is 0 Å². The van der Waals surface area contributed by atoms with Crippen LogP contribution in [-0.2, 0) is 0 Å². The Morgan fingerprint density at radius 2 is 1.40 bits per heavy atom. The van der Waals surface area contributed by atoms with E-state index in [9.17, 15) is 13.2 Å². The number of aliphatic hydroxyl groups is 1. The molecule has 64 valence electrons. The predicted molar refractivity (Wildman–Crippen MR) is 34.0 cm³/mol. The molecular formula is C6H13F3O. The standard InChI is InChI=1S/C4H10O.C2H3F3/c1-4(2,3)5;3-1-2(4)5/h5H,1-3H3;2H,1H2. The highest BCUT2D eigenvalue weighted by atomic mass is 19.3. The molecule has 0 unspecified atom stereocenters. The van der Waals surface area contributed by atoms with Crippen LogP contribution in [0.5, 0.6) is 0 Å². The zero-order valence-electron chi connectivity index (χ0n) is 6.37. The quantitative estimate of drug-likeness (QED) is 0.618. The second kappa shape index (κ2) is 5.53. The van der Waals surface area contributed by atoms with Gasteiger partial charge in [-0.25, -0.2) is 13.2 Å². The second-order valence-electron chi connectivity index (χ2n) is 2.72. The average molecular weight is 158 g/mol. The first kappa shape index (κ1) is 12.4. The van der Waals surface area contributed by atoms with Gasteiger partial charge in [0.2, 0.25) is 0 Å². The summed E-state index contributed by atoms with van der Waals surface area (Å²) in [6.45, 7) is 3.70. The van der Waals surface area contributed by atoms with Crippen LogP contribution in [0.25, 0.3) is 0 Å². The van der Waals surface area contributed by atoms with E-state index in [0.29, 0.717) is 0 Å². The van der Waals surface area contributed by atoms with Gasteiger partial charge in [0, 0.05) is 0 Å². The molecule has 0 fully saturated rings. The van der Waals surface area contributed by atoms with Crippen molar-refractivity contribution in [3.05, 3.63) is 0 Å². The molecule has 0 saturated carbocycles. The van der Waals surface area contributed by atoms with E-state index >= 15 is 0 Å². The van der Waals surface area contributed by atoms with E-state index in [2.05, 4.69) is 0 Å². The van der Waals surface area contributed by atoms with Crippen LogP contribution in [0.3, 0.4) is 0 Å². The van der Waals surface area contributed by atoms with E-state index in [1.54, 1.807) is 20.8 Å². The first-order valence-electron chi connectivity index (χ1n) is 2.84. The molecule has 0 aromatic heterocycles. The van der Waals surface area contributed by atoms with Gasteiger partial charge in [-0.3, -0.25) is 0 Å². The third-order valence-electron chi connectivity index (χ3n) is 0.117. The fraction of sp³-hybridized carbons (Fsp3) is 1.00. The molecule has 0 aromatic rings. The van der Waals surface area contributed by atoms with E-state index in [1.165, 1.54) is 0 Å². The third-order valence-corrected chi connectivity index (χ3v) is 0.117. The highest BCUT2D eigenvalue weighted by Gasteiger charge is 1.97. The smallest absolute Gasteiger partial charge is 0.266 e. The Hall–Kier alpha value is -0.250. The first-order chi connectivity index (χ1) is 4.27. The number of alkyl halides is 3. The van der Waals surface area contributed by atoms with E-state index in [1.807, 2.05) is 0 Å². The minimum atomic E-state index is -2.78. The molecule has 0 aliphatic carbocycles. The summed E-state index contributed by atoms with van der Waals surface area (Å²) in [7, 11) is 0. The number of rotatable bonds is 1. The minimum absolute atomic E-state index is 0.500. The molecule has 0 heterocycles. The zero-order chi connectivity index (χ0) is 8.78. The van der Waals surface area contributed by atoms with Gasteiger partial charge in [0.1, 0.15) is 0 Å². The Kier molecular flexibility index (Phi) is 6.87. The van der Waals surface area contributed by atoms with Crippen molar-refractivity contribution in [2.24, 2.45) is 0 Å². The molecular weight excluding hydrogens is 145 g/mol. The molecule has 1 nitrogen and oxygen atoms in total. The Morgan fingerprint density at radius 1 is 1.30 bits per heavy atom. The highest BCUT2D eigenvalue weighted by Crippen LogP contribution is 1.93. The summed E-state index contributed by atoms with van der Waals surface area (Å²) >= 11 is 0. The average Bonchev–Trinajstić information content (AvgIpc) is 1.61. The Bertz CT molecular complexity index is 61.9. The van der Waals surface area contributed by atoms with Crippen molar-refractivity contribution in [3.8, 4) is 0 Å². The van der Waals surface area contributed by atoms with Gasteiger partial charge < -0.3 is 5.11 Å². The lowest BCUT2D eigenvalue weighted by Gasteiger charge is -2.04. The lowest BCUT2D eigenvalue weighted by molar-refractivity contribution is 0.102. The fourth-order valence-electron chi connectivity index (χ4n) is 0. The summed E-state index contributed by atoms with van der Waals surface area (Å²) in [5.41, 5.74) is -0.500. The van der Waals surface area contributed by atoms with Crippen LogP contribution in [-0.4, -0.2) is 23.8 Å². The van der Waals surface area contributed by atoms with Crippen LogP contribution in [0.15, 0.2) is 0 Å². The SMILES string of the molecule is CC(C)(C)O.FCC(F)F. The lowest BCUT2D eigenvalue weighted by atomic mass is 10.2. The van der Waals surface area contributed by atoms with Gasteiger partial charge in [0.05, 0.1) is 5.60 Å². The molecule has 0 atom stereocenters. The summed E-state index contributed by atoms with van der Waals surface area (Å²) < 4.78 is 31.1. The van der Waals surface area contributed by atoms with Crippen molar-refractivity contribution in [2.75, 3.05) is 6.67 Å². The third kappa shape index (κ3) is 115. The Balaban J connectivity index is 0. The minimum Gasteiger partial charge on any atom is -0.391 e. The molecule has 0 aromatic carbocycles. The summed E-state index contributed by atoms with van der Waals surface area (Å²) in [6, 6.07) is 0. The summed E-state index contributed by atoms with van der Waals surface area (Å²) in [6.07, 6.45) is -2.78. The monoisotopic (exact) mass is 158 g/mol. The van der Waals surface area contributed by atoms with Crippen molar-refractivity contribution in [1.29, 1.82) is 0 Å². The maximum atomic E-state index is 10.4. The normalized spacial score (nSPS) is 10.8. The number of halogens is 3. The van der Waals surface area contributed by atoms with Crippen molar-refractivity contribution in [1.82, 2.24) is 0 Å². The van der Waals surface area contributed by atoms with Crippen molar-refractivity contribution >= 4 is 0 Å². The molecule has 0 saturated heterocycles. The highest BCUT2D eigenvalue weighted by molar-refractivity contribution is 4.50. The van der Waals surface area contributed by atoms with Gasteiger partial charge in [-0.1, -0.05) is 0 Å². The molecule has 4 heteroatoms. The number of hydrogen-bond donors (Lipinski definition) is 1. The van der Waals surface area contributed by atoms with Gasteiger partial charge in [0.15, 0.2) is 6.67 Å². The van der Waals surface area contributed by atoms with Crippen LogP contribution >= 0.6 is 0 Å². The van der Waals surface area contributed by atoms with Crippen LogP contribution in [0.2, 0.25) is 0 Å². The van der Waals surface area contributed by atoms with Gasteiger partial charge in [-0.2, -0.15) is 0 Å². The van der Waals surface area contributed by atoms with Gasteiger partial charge in [-0.05, 0) is 20.8 Å². The van der Waals surface area contributed by atoms with E-state index in [4.69, 9.17) is 5.11 Å². The van der Waals surface area contributed by atoms with Gasteiger partial charge >= 0.3 is 0 Å². The molecule has 10 heavy (non-hydrogen) atoms. The second-order valence-corrected chi connectivity index (χ2v) is 2.72. The van der Waals surface area contributed by atoms with E-state index in [-0.39, 0.29) is 0 Å². The van der Waals surface area contributed by atoms with Crippen molar-refractivity contribution < 1.29 is 18.3 Å². The molecule has 0 amide bonds. The molecule has 0 rings (SSSR count). The van der Waals surface area contributed by atoms with Crippen LogP contribution in [0, 0.1) is 0 Å². The molecule has 0 radical (unpaired) electrons.